The van der Waals surface area contributed by atoms with E-state index in [0.29, 0.717) is 5.92 Å². The fourth-order valence-electron chi connectivity index (χ4n) is 2.51. The highest BCUT2D eigenvalue weighted by Crippen LogP contribution is 2.33. The summed E-state index contributed by atoms with van der Waals surface area (Å²) in [5, 5.41) is 7.73. The molecule has 2 rings (SSSR count). The molecule has 0 aromatic carbocycles. The van der Waals surface area contributed by atoms with E-state index in [9.17, 15) is 0 Å². The van der Waals surface area contributed by atoms with Gasteiger partial charge in [0.25, 0.3) is 0 Å². The molecule has 0 spiro atoms. The molecular weight excluding hydrogens is 218 g/mol. The summed E-state index contributed by atoms with van der Waals surface area (Å²) in [6.07, 6.45) is 2.88. The second-order valence-corrected chi connectivity index (χ2v) is 4.30. The normalized spacial score (nSPS) is 21.7. The van der Waals surface area contributed by atoms with Crippen molar-refractivity contribution in [3.8, 4) is 5.75 Å². The molecule has 1 aromatic heterocycles. The maximum Gasteiger partial charge on any atom is 0.161 e. The lowest BCUT2D eigenvalue weighted by Gasteiger charge is -2.23. The Bertz CT molecular complexity index is 337. The summed E-state index contributed by atoms with van der Waals surface area (Å²) in [5.41, 5.74) is 1.13. The zero-order chi connectivity index (χ0) is 12.3. The van der Waals surface area contributed by atoms with Gasteiger partial charge in [-0.25, -0.2) is 0 Å². The number of nitrogens with one attached hydrogen (secondary N) is 1. The van der Waals surface area contributed by atoms with Crippen molar-refractivity contribution in [1.82, 2.24) is 15.1 Å². The van der Waals surface area contributed by atoms with Gasteiger partial charge in [0, 0.05) is 19.1 Å². The Labute approximate surface area is 102 Å². The van der Waals surface area contributed by atoms with Gasteiger partial charge in [-0.1, -0.05) is 0 Å². The Balaban J connectivity index is 2.30. The van der Waals surface area contributed by atoms with Crippen LogP contribution in [-0.4, -0.2) is 37.2 Å². The lowest BCUT2D eigenvalue weighted by Crippen LogP contribution is -2.28. The highest BCUT2D eigenvalue weighted by molar-refractivity contribution is 5.29. The molecule has 2 unspecified atom stereocenters. The molecule has 1 fully saturated rings. The predicted molar refractivity (Wildman–Crippen MR) is 65.2 cm³/mol. The first-order chi connectivity index (χ1) is 8.31. The minimum Gasteiger partial charge on any atom is -0.493 e. The summed E-state index contributed by atoms with van der Waals surface area (Å²) >= 11 is 0. The van der Waals surface area contributed by atoms with Gasteiger partial charge in [0.15, 0.2) is 5.75 Å². The van der Waals surface area contributed by atoms with Crippen LogP contribution >= 0.6 is 0 Å². The third kappa shape index (κ3) is 2.30. The van der Waals surface area contributed by atoms with Crippen LogP contribution in [0.2, 0.25) is 0 Å². The molecule has 0 amide bonds. The quantitative estimate of drug-likeness (QED) is 0.839. The van der Waals surface area contributed by atoms with Crippen molar-refractivity contribution in [2.75, 3.05) is 27.4 Å². The van der Waals surface area contributed by atoms with Gasteiger partial charge in [-0.15, -0.1) is 0 Å². The van der Waals surface area contributed by atoms with E-state index >= 15 is 0 Å². The molecule has 0 radical (unpaired) electrons. The number of methoxy groups -OCH3 is 1. The zero-order valence-corrected chi connectivity index (χ0v) is 10.8. The Morgan fingerprint density at radius 3 is 3.06 bits per heavy atom. The number of aromatic nitrogens is 2. The zero-order valence-electron chi connectivity index (χ0n) is 10.8. The molecule has 0 aliphatic carbocycles. The van der Waals surface area contributed by atoms with Crippen LogP contribution in [0.5, 0.6) is 5.75 Å². The van der Waals surface area contributed by atoms with Crippen LogP contribution in [0.15, 0.2) is 6.20 Å². The van der Waals surface area contributed by atoms with Crippen LogP contribution < -0.4 is 10.1 Å². The van der Waals surface area contributed by atoms with E-state index < -0.39 is 0 Å². The molecule has 0 bridgehead atoms. The lowest BCUT2D eigenvalue weighted by molar-refractivity contribution is 0.176. The first-order valence-corrected chi connectivity index (χ1v) is 6.16. The van der Waals surface area contributed by atoms with Crippen molar-refractivity contribution in [3.63, 3.8) is 0 Å². The molecule has 96 valence electrons. The third-order valence-electron chi connectivity index (χ3n) is 3.41. The first kappa shape index (κ1) is 12.4. The summed E-state index contributed by atoms with van der Waals surface area (Å²) in [5.74, 6) is 1.36. The Morgan fingerprint density at radius 2 is 2.53 bits per heavy atom. The second kappa shape index (κ2) is 5.51. The molecule has 0 saturated carbocycles. The average Bonchev–Trinajstić information content (AvgIpc) is 2.99. The molecule has 1 aliphatic rings. The fourth-order valence-corrected chi connectivity index (χ4v) is 2.51. The monoisotopic (exact) mass is 239 g/mol. The smallest absolute Gasteiger partial charge is 0.161 e. The van der Waals surface area contributed by atoms with Gasteiger partial charge in [0.1, 0.15) is 0 Å². The highest BCUT2D eigenvalue weighted by atomic mass is 16.5. The third-order valence-corrected chi connectivity index (χ3v) is 3.41. The van der Waals surface area contributed by atoms with Crippen molar-refractivity contribution in [2.24, 2.45) is 5.92 Å². The summed E-state index contributed by atoms with van der Waals surface area (Å²) in [6, 6.07) is 0.245. The van der Waals surface area contributed by atoms with E-state index in [1.165, 1.54) is 0 Å². The van der Waals surface area contributed by atoms with Gasteiger partial charge in [-0.3, -0.25) is 4.68 Å². The van der Waals surface area contributed by atoms with E-state index in [2.05, 4.69) is 17.3 Å². The number of nitrogens with zero attached hydrogens (tertiary/aromatic N) is 2. The average molecular weight is 239 g/mol. The highest BCUT2D eigenvalue weighted by Gasteiger charge is 2.30. The molecule has 1 aromatic rings. The number of ether oxygens (including phenoxy) is 2. The molecular formula is C12H21N3O2. The van der Waals surface area contributed by atoms with Crippen LogP contribution in [0.1, 0.15) is 25.1 Å². The van der Waals surface area contributed by atoms with Crippen molar-refractivity contribution in [2.45, 2.75) is 25.9 Å². The number of aryl methyl sites for hydroxylation is 1. The fraction of sp³-hybridized carbons (Fsp3) is 0.750. The summed E-state index contributed by atoms with van der Waals surface area (Å²) in [4.78, 5) is 0. The molecule has 17 heavy (non-hydrogen) atoms. The van der Waals surface area contributed by atoms with Crippen LogP contribution in [0.3, 0.4) is 0 Å². The van der Waals surface area contributed by atoms with Crippen molar-refractivity contribution in [1.29, 1.82) is 0 Å². The minimum atomic E-state index is 0.245. The number of rotatable bonds is 5. The Hall–Kier alpha value is -1.07. The van der Waals surface area contributed by atoms with E-state index in [-0.39, 0.29) is 6.04 Å². The van der Waals surface area contributed by atoms with E-state index in [0.717, 1.165) is 37.6 Å². The first-order valence-electron chi connectivity index (χ1n) is 6.16. The minimum absolute atomic E-state index is 0.245. The second-order valence-electron chi connectivity index (χ2n) is 4.30. The topological polar surface area (TPSA) is 48.3 Å². The van der Waals surface area contributed by atoms with Crippen molar-refractivity contribution < 1.29 is 9.47 Å². The molecule has 1 N–H and O–H groups in total. The van der Waals surface area contributed by atoms with Gasteiger partial charge in [-0.2, -0.15) is 5.10 Å². The molecule has 1 saturated heterocycles. The number of hydrogen-bond acceptors (Lipinski definition) is 4. The SMILES string of the molecule is CCn1ncc(OC)c1C(NC)C1CCOC1. The molecule has 2 heterocycles. The standard InChI is InChI=1S/C12H21N3O2/c1-4-15-12(10(16-3)7-14-15)11(13-2)9-5-6-17-8-9/h7,9,11,13H,4-6,8H2,1-3H3. The van der Waals surface area contributed by atoms with E-state index in [1.54, 1.807) is 13.3 Å². The Kier molecular flexibility index (Phi) is 4.02. The largest absolute Gasteiger partial charge is 0.493 e. The van der Waals surface area contributed by atoms with Crippen molar-refractivity contribution >= 4 is 0 Å². The van der Waals surface area contributed by atoms with E-state index in [4.69, 9.17) is 9.47 Å². The predicted octanol–water partition coefficient (Wildman–Crippen LogP) is 1.21. The summed E-state index contributed by atoms with van der Waals surface area (Å²) in [6.45, 7) is 4.60. The van der Waals surface area contributed by atoms with Gasteiger partial charge < -0.3 is 14.8 Å². The van der Waals surface area contributed by atoms with Crippen LogP contribution in [0, 0.1) is 5.92 Å². The maximum absolute atomic E-state index is 5.47. The maximum atomic E-state index is 5.47. The molecule has 2 atom stereocenters. The van der Waals surface area contributed by atoms with Crippen molar-refractivity contribution in [3.05, 3.63) is 11.9 Å². The van der Waals surface area contributed by atoms with Gasteiger partial charge in [-0.05, 0) is 20.4 Å². The van der Waals surface area contributed by atoms with Gasteiger partial charge in [0.05, 0.1) is 31.6 Å². The molecule has 1 aliphatic heterocycles. The van der Waals surface area contributed by atoms with Gasteiger partial charge in [0.2, 0.25) is 0 Å². The Morgan fingerprint density at radius 1 is 1.71 bits per heavy atom. The van der Waals surface area contributed by atoms with Crippen LogP contribution in [0.4, 0.5) is 0 Å². The summed E-state index contributed by atoms with van der Waals surface area (Å²) in [7, 11) is 3.67. The van der Waals surface area contributed by atoms with Crippen LogP contribution in [0.25, 0.3) is 0 Å². The van der Waals surface area contributed by atoms with E-state index in [1.807, 2.05) is 11.7 Å². The molecule has 5 heteroatoms. The summed E-state index contributed by atoms with van der Waals surface area (Å²) < 4.78 is 12.9. The molecule has 5 nitrogen and oxygen atoms in total. The van der Waals surface area contributed by atoms with Gasteiger partial charge >= 0.3 is 0 Å². The lowest BCUT2D eigenvalue weighted by atomic mass is 9.96. The van der Waals surface area contributed by atoms with Crippen LogP contribution in [-0.2, 0) is 11.3 Å². The number of hydrogen-bond donors (Lipinski definition) is 1.